The number of guanidine groups is 1. The van der Waals surface area contributed by atoms with Crippen LogP contribution < -0.4 is 11.4 Å². The maximum absolute atomic E-state index is 12.0. The smallest absolute Gasteiger partial charge is 0.326 e. The molecular weight excluding hydrogens is 409 g/mol. The first-order valence-corrected chi connectivity index (χ1v) is 7.49. The third-order valence-electron chi connectivity index (χ3n) is 3.84. The van der Waals surface area contributed by atoms with Crippen molar-refractivity contribution < 1.29 is 4.74 Å². The summed E-state index contributed by atoms with van der Waals surface area (Å²) in [5.74, 6) is 0.517. The number of benzene rings is 1. The van der Waals surface area contributed by atoms with Gasteiger partial charge in [0.2, 0.25) is 0 Å². The maximum atomic E-state index is 12.0. The van der Waals surface area contributed by atoms with Crippen molar-refractivity contribution in [2.75, 3.05) is 26.2 Å². The van der Waals surface area contributed by atoms with E-state index in [1.54, 1.807) is 4.57 Å². The standard InChI is InChI=1S/C15H21N5O2.HI/c1-11-10-19(8-9-22-11)14(16)17-6-7-20-13-5-3-2-4-12(13)18-15(20)21;/h2-5,11H,6-10H2,1H3,(H2,16,17)(H,18,21);1H. The number of fused-ring (bicyclic) bond motifs is 1. The molecule has 1 aromatic carbocycles. The molecule has 23 heavy (non-hydrogen) atoms. The Morgan fingerprint density at radius 1 is 1.48 bits per heavy atom. The van der Waals surface area contributed by atoms with E-state index in [0.29, 0.717) is 25.7 Å². The van der Waals surface area contributed by atoms with Crippen LogP contribution in [-0.4, -0.2) is 52.8 Å². The van der Waals surface area contributed by atoms with Crippen LogP contribution >= 0.6 is 24.0 Å². The van der Waals surface area contributed by atoms with Gasteiger partial charge in [-0.15, -0.1) is 24.0 Å². The molecule has 126 valence electrons. The van der Waals surface area contributed by atoms with Gasteiger partial charge in [0, 0.05) is 19.6 Å². The first-order valence-electron chi connectivity index (χ1n) is 7.49. The summed E-state index contributed by atoms with van der Waals surface area (Å²) in [5.41, 5.74) is 7.64. The van der Waals surface area contributed by atoms with Crippen LogP contribution in [0, 0.1) is 0 Å². The molecule has 1 unspecified atom stereocenters. The molecule has 1 fully saturated rings. The van der Waals surface area contributed by atoms with Crippen LogP contribution in [0.3, 0.4) is 0 Å². The second-order valence-corrected chi connectivity index (χ2v) is 5.47. The summed E-state index contributed by atoms with van der Waals surface area (Å²) in [4.78, 5) is 21.2. The summed E-state index contributed by atoms with van der Waals surface area (Å²) in [5, 5.41) is 0. The van der Waals surface area contributed by atoms with Gasteiger partial charge in [0.1, 0.15) is 0 Å². The second-order valence-electron chi connectivity index (χ2n) is 5.47. The molecule has 8 heteroatoms. The van der Waals surface area contributed by atoms with Crippen molar-refractivity contribution in [2.45, 2.75) is 19.6 Å². The average Bonchev–Trinajstić information content (AvgIpc) is 2.83. The van der Waals surface area contributed by atoms with Gasteiger partial charge in [-0.05, 0) is 19.1 Å². The Labute approximate surface area is 151 Å². The molecule has 0 amide bonds. The number of aromatic amines is 1. The molecule has 0 aliphatic carbocycles. The highest BCUT2D eigenvalue weighted by atomic mass is 127. The summed E-state index contributed by atoms with van der Waals surface area (Å²) < 4.78 is 7.17. The molecule has 0 spiro atoms. The van der Waals surface area contributed by atoms with E-state index in [0.717, 1.165) is 24.1 Å². The molecule has 3 rings (SSSR count). The van der Waals surface area contributed by atoms with Crippen LogP contribution in [0.4, 0.5) is 0 Å². The predicted octanol–water partition coefficient (Wildman–Crippen LogP) is 0.983. The second kappa shape index (κ2) is 7.82. The minimum atomic E-state index is -0.116. The Morgan fingerprint density at radius 3 is 3.04 bits per heavy atom. The van der Waals surface area contributed by atoms with E-state index in [1.807, 2.05) is 36.1 Å². The third kappa shape index (κ3) is 4.05. The molecular formula is C15H22IN5O2. The fourth-order valence-corrected chi connectivity index (χ4v) is 2.72. The van der Waals surface area contributed by atoms with Crippen molar-refractivity contribution >= 4 is 41.0 Å². The van der Waals surface area contributed by atoms with Crippen molar-refractivity contribution in [3.05, 3.63) is 34.7 Å². The molecule has 1 aromatic heterocycles. The highest BCUT2D eigenvalue weighted by Gasteiger charge is 2.17. The Balaban J connectivity index is 0.00000192. The summed E-state index contributed by atoms with van der Waals surface area (Å²) in [7, 11) is 0. The quantitative estimate of drug-likeness (QED) is 0.431. The number of hydrogen-bond donors (Lipinski definition) is 2. The molecule has 0 saturated carbocycles. The Morgan fingerprint density at radius 2 is 2.26 bits per heavy atom. The zero-order valence-corrected chi connectivity index (χ0v) is 15.4. The first kappa shape index (κ1) is 17.8. The number of imidazole rings is 1. The van der Waals surface area contributed by atoms with Crippen LogP contribution in [0.15, 0.2) is 34.1 Å². The topological polar surface area (TPSA) is 88.6 Å². The number of halogens is 1. The Kier molecular flexibility index (Phi) is 6.05. The molecule has 1 saturated heterocycles. The molecule has 3 N–H and O–H groups in total. The number of para-hydroxylation sites is 2. The molecule has 1 aliphatic rings. The number of aromatic nitrogens is 2. The normalized spacial score (nSPS) is 18.9. The SMILES string of the molecule is CC1CN(C(N)=NCCn2c(=O)[nH]c3ccccc32)CCO1.I. The van der Waals surface area contributed by atoms with Gasteiger partial charge < -0.3 is 20.4 Å². The Bertz CT molecular complexity index is 739. The van der Waals surface area contributed by atoms with Crippen LogP contribution in [-0.2, 0) is 11.3 Å². The molecule has 0 bridgehead atoms. The average molecular weight is 431 g/mol. The number of rotatable bonds is 3. The van der Waals surface area contributed by atoms with Gasteiger partial charge in [0.25, 0.3) is 0 Å². The lowest BCUT2D eigenvalue weighted by molar-refractivity contribution is 0.00529. The van der Waals surface area contributed by atoms with Crippen molar-refractivity contribution in [2.24, 2.45) is 10.7 Å². The summed E-state index contributed by atoms with van der Waals surface area (Å²) >= 11 is 0. The van der Waals surface area contributed by atoms with Crippen molar-refractivity contribution in [1.82, 2.24) is 14.5 Å². The molecule has 2 aromatic rings. The van der Waals surface area contributed by atoms with E-state index >= 15 is 0 Å². The zero-order chi connectivity index (χ0) is 15.5. The number of hydrogen-bond acceptors (Lipinski definition) is 3. The van der Waals surface area contributed by atoms with Gasteiger partial charge >= 0.3 is 5.69 Å². The van der Waals surface area contributed by atoms with Gasteiger partial charge in [-0.2, -0.15) is 0 Å². The fourth-order valence-electron chi connectivity index (χ4n) is 2.72. The van der Waals surface area contributed by atoms with Crippen molar-refractivity contribution in [1.29, 1.82) is 0 Å². The highest BCUT2D eigenvalue weighted by Crippen LogP contribution is 2.08. The molecule has 2 heterocycles. The lowest BCUT2D eigenvalue weighted by atomic mass is 10.3. The van der Waals surface area contributed by atoms with E-state index < -0.39 is 0 Å². The number of nitrogens with zero attached hydrogens (tertiary/aromatic N) is 3. The van der Waals surface area contributed by atoms with Crippen LogP contribution in [0.5, 0.6) is 0 Å². The number of nitrogens with one attached hydrogen (secondary N) is 1. The van der Waals surface area contributed by atoms with E-state index in [4.69, 9.17) is 10.5 Å². The number of ether oxygens (including phenoxy) is 1. The first-order chi connectivity index (χ1) is 10.6. The van der Waals surface area contributed by atoms with Gasteiger partial charge in [-0.3, -0.25) is 9.56 Å². The van der Waals surface area contributed by atoms with Crippen molar-refractivity contribution in [3.8, 4) is 0 Å². The highest BCUT2D eigenvalue weighted by molar-refractivity contribution is 14.0. The lowest BCUT2D eigenvalue weighted by Crippen LogP contribution is -2.48. The number of aliphatic imine (C=N–C) groups is 1. The number of nitrogens with two attached hydrogens (primary N) is 1. The van der Waals surface area contributed by atoms with Gasteiger partial charge in [-0.1, -0.05) is 12.1 Å². The van der Waals surface area contributed by atoms with Gasteiger partial charge in [0.15, 0.2) is 5.96 Å². The minimum absolute atomic E-state index is 0. The number of morpholine rings is 1. The summed E-state index contributed by atoms with van der Waals surface area (Å²) in [6.45, 7) is 5.17. The van der Waals surface area contributed by atoms with Crippen LogP contribution in [0.25, 0.3) is 11.0 Å². The molecule has 1 atom stereocenters. The predicted molar refractivity (Wildman–Crippen MR) is 101 cm³/mol. The van der Waals surface area contributed by atoms with E-state index in [-0.39, 0.29) is 35.8 Å². The van der Waals surface area contributed by atoms with Crippen LogP contribution in [0.1, 0.15) is 6.92 Å². The van der Waals surface area contributed by atoms with E-state index in [2.05, 4.69) is 9.98 Å². The third-order valence-corrected chi connectivity index (χ3v) is 3.84. The monoisotopic (exact) mass is 431 g/mol. The maximum Gasteiger partial charge on any atom is 0.326 e. The van der Waals surface area contributed by atoms with Gasteiger partial charge in [-0.25, -0.2) is 4.79 Å². The molecule has 7 nitrogen and oxygen atoms in total. The van der Waals surface area contributed by atoms with E-state index in [1.165, 1.54) is 0 Å². The fraction of sp³-hybridized carbons (Fsp3) is 0.467. The number of H-pyrrole nitrogens is 1. The van der Waals surface area contributed by atoms with Crippen LogP contribution in [0.2, 0.25) is 0 Å². The zero-order valence-electron chi connectivity index (χ0n) is 13.1. The van der Waals surface area contributed by atoms with E-state index in [9.17, 15) is 4.79 Å². The molecule has 0 radical (unpaired) electrons. The van der Waals surface area contributed by atoms with Crippen molar-refractivity contribution in [3.63, 3.8) is 0 Å². The minimum Gasteiger partial charge on any atom is -0.375 e. The Hall–Kier alpha value is -1.55. The summed E-state index contributed by atoms with van der Waals surface area (Å²) in [6.07, 6.45) is 0.165. The molecule has 1 aliphatic heterocycles. The lowest BCUT2D eigenvalue weighted by Gasteiger charge is -2.31. The summed E-state index contributed by atoms with van der Waals surface area (Å²) in [6, 6.07) is 7.63. The van der Waals surface area contributed by atoms with Gasteiger partial charge in [0.05, 0.1) is 30.3 Å². The largest absolute Gasteiger partial charge is 0.375 e.